The van der Waals surface area contributed by atoms with Crippen molar-refractivity contribution in [2.45, 2.75) is 215 Å². The fourth-order valence-corrected chi connectivity index (χ4v) is 12.0. The van der Waals surface area contributed by atoms with Crippen molar-refractivity contribution < 1.29 is 14.3 Å². The van der Waals surface area contributed by atoms with Crippen LogP contribution in [0.15, 0.2) is 12.2 Å². The Morgan fingerprint density at radius 3 is 2.04 bits per heavy atom. The van der Waals surface area contributed by atoms with Crippen molar-refractivity contribution in [1.82, 2.24) is 5.32 Å². The van der Waals surface area contributed by atoms with E-state index in [2.05, 4.69) is 65.9 Å². The summed E-state index contributed by atoms with van der Waals surface area (Å²) in [6.07, 6.45) is 36.2. The number of amides is 1. The monoisotopic (exact) mass is 710 g/mol. The molecule has 0 aromatic heterocycles. The Hall–Kier alpha value is -1.32. The minimum absolute atomic E-state index is 0.0841. The Morgan fingerprint density at radius 2 is 1.37 bits per heavy atom. The Balaban J connectivity index is 1.08. The minimum atomic E-state index is -0.217. The molecule has 0 spiro atoms. The van der Waals surface area contributed by atoms with E-state index >= 15 is 0 Å². The summed E-state index contributed by atoms with van der Waals surface area (Å²) in [5.41, 5.74) is 0.621. The highest BCUT2D eigenvalue weighted by atomic mass is 16.6. The molecule has 4 aliphatic carbocycles. The van der Waals surface area contributed by atoms with Crippen LogP contribution in [0.25, 0.3) is 0 Å². The molecule has 0 aromatic rings. The third kappa shape index (κ3) is 11.8. The van der Waals surface area contributed by atoms with E-state index in [1.54, 1.807) is 0 Å². The quantitative estimate of drug-likeness (QED) is 0.0953. The number of ketones is 1. The largest absolute Gasteiger partial charge is 0.446 e. The number of ether oxygens (including phenoxy) is 1. The third-order valence-corrected chi connectivity index (χ3v) is 15.3. The van der Waals surface area contributed by atoms with Gasteiger partial charge in [-0.1, -0.05) is 118 Å². The van der Waals surface area contributed by atoms with E-state index in [-0.39, 0.29) is 17.6 Å². The van der Waals surface area contributed by atoms with Crippen LogP contribution >= 0.6 is 0 Å². The molecule has 51 heavy (non-hydrogen) atoms. The van der Waals surface area contributed by atoms with Crippen LogP contribution in [0.3, 0.4) is 0 Å². The normalized spacial score (nSPS) is 32.6. The van der Waals surface area contributed by atoms with Crippen LogP contribution in [0.4, 0.5) is 4.79 Å². The predicted octanol–water partition coefficient (Wildman–Crippen LogP) is 13.8. The maximum Gasteiger partial charge on any atom is 0.407 e. The Labute approximate surface area is 316 Å². The molecule has 294 valence electrons. The van der Waals surface area contributed by atoms with Crippen LogP contribution in [0.5, 0.6) is 0 Å². The molecule has 4 nitrogen and oxygen atoms in total. The van der Waals surface area contributed by atoms with E-state index in [9.17, 15) is 9.59 Å². The van der Waals surface area contributed by atoms with E-state index in [4.69, 9.17) is 4.74 Å². The number of nitrogens with one attached hydrogen (secondary N) is 1. The van der Waals surface area contributed by atoms with Crippen molar-refractivity contribution in [2.75, 3.05) is 6.54 Å². The van der Waals surface area contributed by atoms with Gasteiger partial charge in [-0.2, -0.15) is 0 Å². The van der Waals surface area contributed by atoms with Gasteiger partial charge in [-0.05, 0) is 143 Å². The lowest BCUT2D eigenvalue weighted by Crippen LogP contribution is -2.54. The SMILES string of the molecule is CCCCCCCC/C=C\CCCCCCCCNC(=O)O[C@@H]1CC[C@@]2(C)C(CCC3C2CC[C@@]2(C)C3CC[C@@H]2[C@H](C)CCC(=O)C(C)(C)C)C1. The molecule has 4 unspecified atom stereocenters. The maximum atomic E-state index is 12.8. The van der Waals surface area contributed by atoms with E-state index < -0.39 is 0 Å². The fraction of sp³-hybridized carbons (Fsp3) is 0.915. The zero-order chi connectivity index (χ0) is 36.9. The number of carbonyl (C=O) groups excluding carboxylic acids is 2. The van der Waals surface area contributed by atoms with Gasteiger partial charge in [0.1, 0.15) is 11.9 Å². The molecular formula is C47H83NO3. The molecule has 1 amide bonds. The molecule has 0 aliphatic heterocycles. The van der Waals surface area contributed by atoms with Crippen LogP contribution in [0.1, 0.15) is 209 Å². The van der Waals surface area contributed by atoms with Gasteiger partial charge in [-0.3, -0.25) is 4.79 Å². The maximum absolute atomic E-state index is 12.8. The van der Waals surface area contributed by atoms with Gasteiger partial charge >= 0.3 is 6.09 Å². The molecule has 4 rings (SSSR count). The van der Waals surface area contributed by atoms with Crippen molar-refractivity contribution in [2.24, 2.45) is 51.8 Å². The van der Waals surface area contributed by atoms with E-state index in [0.717, 1.165) is 62.3 Å². The minimum Gasteiger partial charge on any atom is -0.446 e. The standard InChI is InChI=1S/C47H83NO3/c1-8-9-10-11-12-13-14-15-16-17-18-19-20-21-22-23-34-48-44(50)51-38-30-32-46(6)37(35-38)25-26-39-41-28-27-40(47(41,7)33-31-42(39)46)36(2)24-29-43(49)45(3,4)5/h15-16,36-42H,8-14,17-35H2,1-7H3,(H,48,50)/b16-15-/t36-,37?,38-,39?,40-,41?,42?,46+,47-/m1/s1. The number of fused-ring (bicyclic) bond motifs is 5. The molecule has 9 atom stereocenters. The van der Waals surface area contributed by atoms with Gasteiger partial charge in [0.05, 0.1) is 0 Å². The number of Topliss-reactive ketones (excluding diaryl/α,β-unsaturated/α-hetero) is 1. The summed E-state index contributed by atoms with van der Waals surface area (Å²) in [7, 11) is 0. The average molecular weight is 710 g/mol. The summed E-state index contributed by atoms with van der Waals surface area (Å²) in [6.45, 7) is 16.9. The second-order valence-electron chi connectivity index (χ2n) is 19.7. The second-order valence-corrected chi connectivity index (χ2v) is 19.7. The smallest absolute Gasteiger partial charge is 0.407 e. The Bertz CT molecular complexity index is 1080. The van der Waals surface area contributed by atoms with E-state index in [1.165, 1.54) is 128 Å². The third-order valence-electron chi connectivity index (χ3n) is 15.3. The van der Waals surface area contributed by atoms with Gasteiger partial charge in [0.15, 0.2) is 0 Å². The van der Waals surface area contributed by atoms with Crippen molar-refractivity contribution in [3.63, 3.8) is 0 Å². The van der Waals surface area contributed by atoms with Crippen molar-refractivity contribution >= 4 is 11.9 Å². The molecule has 4 heteroatoms. The summed E-state index contributed by atoms with van der Waals surface area (Å²) in [5.74, 6) is 5.04. The van der Waals surface area contributed by atoms with Gasteiger partial charge in [-0.15, -0.1) is 0 Å². The van der Waals surface area contributed by atoms with Gasteiger partial charge in [0, 0.05) is 18.4 Å². The number of hydrogen-bond donors (Lipinski definition) is 1. The number of allylic oxidation sites excluding steroid dienone is 2. The molecule has 0 bridgehead atoms. The van der Waals surface area contributed by atoms with E-state index in [1.807, 2.05) is 0 Å². The highest BCUT2D eigenvalue weighted by molar-refractivity contribution is 5.83. The molecule has 4 fully saturated rings. The van der Waals surface area contributed by atoms with Crippen molar-refractivity contribution in [3.05, 3.63) is 12.2 Å². The number of carbonyl (C=O) groups is 2. The number of hydrogen-bond acceptors (Lipinski definition) is 3. The molecule has 0 aromatic carbocycles. The van der Waals surface area contributed by atoms with Crippen LogP contribution in [0, 0.1) is 51.8 Å². The average Bonchev–Trinajstić information content (AvgIpc) is 3.45. The Morgan fingerprint density at radius 1 is 0.765 bits per heavy atom. The lowest BCUT2D eigenvalue weighted by atomic mass is 9.44. The van der Waals surface area contributed by atoms with Gasteiger partial charge in [-0.25, -0.2) is 4.79 Å². The number of rotatable bonds is 21. The molecule has 0 heterocycles. The van der Waals surface area contributed by atoms with Gasteiger partial charge in [0.2, 0.25) is 0 Å². The predicted molar refractivity (Wildman–Crippen MR) is 216 cm³/mol. The second kappa shape index (κ2) is 20.4. The molecule has 0 saturated heterocycles. The van der Waals surface area contributed by atoms with Crippen molar-refractivity contribution in [1.29, 1.82) is 0 Å². The first-order valence-corrected chi connectivity index (χ1v) is 22.5. The van der Waals surface area contributed by atoms with E-state index in [0.29, 0.717) is 28.4 Å². The Kier molecular flexibility index (Phi) is 17.0. The van der Waals surface area contributed by atoms with Crippen LogP contribution in [-0.2, 0) is 9.53 Å². The molecule has 0 radical (unpaired) electrons. The zero-order valence-electron chi connectivity index (χ0n) is 34.8. The number of unbranched alkanes of at least 4 members (excludes halogenated alkanes) is 12. The first-order chi connectivity index (χ1) is 24.4. The van der Waals surface area contributed by atoms with Gasteiger partial charge in [0.25, 0.3) is 0 Å². The summed E-state index contributed by atoms with van der Waals surface area (Å²) < 4.78 is 6.06. The first-order valence-electron chi connectivity index (χ1n) is 22.5. The lowest BCUT2D eigenvalue weighted by Gasteiger charge is -2.61. The summed E-state index contributed by atoms with van der Waals surface area (Å²) in [6, 6.07) is 0. The van der Waals surface area contributed by atoms with Crippen LogP contribution < -0.4 is 5.32 Å². The van der Waals surface area contributed by atoms with Crippen molar-refractivity contribution in [3.8, 4) is 0 Å². The van der Waals surface area contributed by atoms with Gasteiger partial charge < -0.3 is 10.1 Å². The molecule has 1 N–H and O–H groups in total. The number of alkyl carbamates (subject to hydrolysis) is 1. The highest BCUT2D eigenvalue weighted by Crippen LogP contribution is 2.68. The summed E-state index contributed by atoms with van der Waals surface area (Å²) in [5, 5.41) is 3.08. The summed E-state index contributed by atoms with van der Waals surface area (Å²) >= 11 is 0. The highest BCUT2D eigenvalue weighted by Gasteiger charge is 2.60. The van der Waals surface area contributed by atoms with Crippen LogP contribution in [0.2, 0.25) is 0 Å². The first kappa shape index (κ1) is 42.4. The van der Waals surface area contributed by atoms with Crippen LogP contribution in [-0.4, -0.2) is 24.5 Å². The zero-order valence-corrected chi connectivity index (χ0v) is 34.8. The molecule has 4 aliphatic rings. The lowest BCUT2D eigenvalue weighted by molar-refractivity contribution is -0.131. The topological polar surface area (TPSA) is 55.4 Å². The molecular weight excluding hydrogens is 627 g/mol. The molecule has 4 saturated carbocycles. The summed E-state index contributed by atoms with van der Waals surface area (Å²) in [4.78, 5) is 25.5. The fourth-order valence-electron chi connectivity index (χ4n) is 12.0.